The normalized spacial score (nSPS) is 15.0. The molecule has 0 spiro atoms. The molecule has 0 aliphatic carbocycles. The lowest BCUT2D eigenvalue weighted by Crippen LogP contribution is -2.19. The third-order valence-electron chi connectivity index (χ3n) is 4.34. The van der Waals surface area contributed by atoms with E-state index in [4.69, 9.17) is 0 Å². The molecule has 0 bridgehead atoms. The quantitative estimate of drug-likeness (QED) is 0.500. The average molecular weight is 228 g/mol. The molecule has 0 heterocycles. The van der Waals surface area contributed by atoms with E-state index in [1.54, 1.807) is 0 Å². The topological polar surface area (TPSA) is 0 Å². The van der Waals surface area contributed by atoms with Crippen LogP contribution in [-0.4, -0.2) is 0 Å². The molecule has 0 amide bonds. The minimum atomic E-state index is 0.550. The van der Waals surface area contributed by atoms with Gasteiger partial charge in [-0.1, -0.05) is 87.5 Å². The number of rotatable bonds is 6. The van der Waals surface area contributed by atoms with Crippen LogP contribution < -0.4 is 0 Å². The first-order chi connectivity index (χ1) is 7.35. The second-order valence-corrected chi connectivity index (χ2v) is 5.95. The van der Waals surface area contributed by atoms with Crippen molar-refractivity contribution in [2.75, 3.05) is 0 Å². The molecule has 0 aromatic heterocycles. The van der Waals surface area contributed by atoms with Crippen molar-refractivity contribution in [1.82, 2.24) is 0 Å². The van der Waals surface area contributed by atoms with Gasteiger partial charge in [0.1, 0.15) is 0 Å². The lowest BCUT2D eigenvalue weighted by Gasteiger charge is -2.29. The molecule has 0 radical (unpaired) electrons. The van der Waals surface area contributed by atoms with Gasteiger partial charge in [0.2, 0.25) is 0 Å². The monoisotopic (exact) mass is 228 g/mol. The molecule has 0 aliphatic rings. The summed E-state index contributed by atoms with van der Waals surface area (Å²) in [6, 6.07) is 0. The molecule has 0 aliphatic heterocycles. The van der Waals surface area contributed by atoms with Crippen molar-refractivity contribution < 1.29 is 0 Å². The third kappa shape index (κ3) is 9.24. The van der Waals surface area contributed by atoms with E-state index in [1.165, 1.54) is 32.1 Å². The van der Waals surface area contributed by atoms with E-state index in [-0.39, 0.29) is 0 Å². The zero-order valence-electron chi connectivity index (χ0n) is 13.2. The Morgan fingerprint density at radius 1 is 0.875 bits per heavy atom. The highest BCUT2D eigenvalue weighted by Crippen LogP contribution is 2.31. The molecule has 100 valence electrons. The van der Waals surface area contributed by atoms with Gasteiger partial charge in [0.05, 0.1) is 0 Å². The van der Waals surface area contributed by atoms with Crippen molar-refractivity contribution in [1.29, 1.82) is 0 Å². The van der Waals surface area contributed by atoms with Crippen molar-refractivity contribution in [3.8, 4) is 0 Å². The zero-order valence-corrected chi connectivity index (χ0v) is 13.2. The standard InChI is InChI=1S/C9H20.C7H16/c1-6-8(3)9(4,5)7-2;1-4-6-7(3)5-2/h8H,6-7H2,1-5H3;7H,4-6H2,1-3H3. The summed E-state index contributed by atoms with van der Waals surface area (Å²) in [5.74, 6) is 1.81. The van der Waals surface area contributed by atoms with Crippen LogP contribution in [0.2, 0.25) is 0 Å². The van der Waals surface area contributed by atoms with E-state index in [0.29, 0.717) is 5.41 Å². The molecule has 16 heavy (non-hydrogen) atoms. The van der Waals surface area contributed by atoms with E-state index in [0.717, 1.165) is 11.8 Å². The van der Waals surface area contributed by atoms with E-state index < -0.39 is 0 Å². The summed E-state index contributed by atoms with van der Waals surface area (Å²) in [5, 5.41) is 0. The molecule has 0 saturated carbocycles. The van der Waals surface area contributed by atoms with Gasteiger partial charge in [-0.3, -0.25) is 0 Å². The maximum Gasteiger partial charge on any atom is -0.0331 e. The summed E-state index contributed by atoms with van der Waals surface area (Å²) in [7, 11) is 0. The van der Waals surface area contributed by atoms with Gasteiger partial charge >= 0.3 is 0 Å². The molecule has 2 unspecified atom stereocenters. The molecular weight excluding hydrogens is 192 g/mol. The fourth-order valence-corrected chi connectivity index (χ4v) is 1.60. The maximum absolute atomic E-state index is 2.35. The van der Waals surface area contributed by atoms with Crippen LogP contribution >= 0.6 is 0 Å². The summed E-state index contributed by atoms with van der Waals surface area (Å²) in [6.07, 6.45) is 6.68. The van der Waals surface area contributed by atoms with E-state index in [9.17, 15) is 0 Å². The van der Waals surface area contributed by atoms with Gasteiger partial charge in [-0.15, -0.1) is 0 Å². The Kier molecular flexibility index (Phi) is 11.7. The highest BCUT2D eigenvalue weighted by Gasteiger charge is 2.21. The van der Waals surface area contributed by atoms with Crippen LogP contribution in [0.3, 0.4) is 0 Å². The first kappa shape index (κ1) is 18.4. The van der Waals surface area contributed by atoms with Crippen molar-refractivity contribution in [2.24, 2.45) is 17.3 Å². The van der Waals surface area contributed by atoms with Gasteiger partial charge in [0, 0.05) is 0 Å². The molecule has 0 saturated heterocycles. The Morgan fingerprint density at radius 3 is 1.50 bits per heavy atom. The van der Waals surface area contributed by atoms with Crippen LogP contribution in [-0.2, 0) is 0 Å². The SMILES string of the molecule is CCC(C)C(C)(C)CC.CCCC(C)CC. The summed E-state index contributed by atoms with van der Waals surface area (Å²) in [5.41, 5.74) is 0.550. The summed E-state index contributed by atoms with van der Waals surface area (Å²) < 4.78 is 0. The molecular formula is C16H36. The second-order valence-electron chi connectivity index (χ2n) is 5.95. The van der Waals surface area contributed by atoms with Crippen molar-refractivity contribution >= 4 is 0 Å². The minimum Gasteiger partial charge on any atom is -0.0654 e. The summed E-state index contributed by atoms with van der Waals surface area (Å²) in [4.78, 5) is 0. The first-order valence-electron chi connectivity index (χ1n) is 7.35. The van der Waals surface area contributed by atoms with E-state index in [2.05, 4.69) is 55.4 Å². The Labute approximate surface area is 105 Å². The van der Waals surface area contributed by atoms with Crippen LogP contribution in [0.15, 0.2) is 0 Å². The first-order valence-corrected chi connectivity index (χ1v) is 7.35. The highest BCUT2D eigenvalue weighted by molar-refractivity contribution is 4.71. The fraction of sp³-hybridized carbons (Fsp3) is 1.00. The molecule has 0 heteroatoms. The van der Waals surface area contributed by atoms with Crippen molar-refractivity contribution in [2.45, 2.75) is 87.5 Å². The zero-order chi connectivity index (χ0) is 13.2. The lowest BCUT2D eigenvalue weighted by molar-refractivity contribution is 0.215. The van der Waals surface area contributed by atoms with Crippen molar-refractivity contribution in [3.05, 3.63) is 0 Å². The molecule has 0 fully saturated rings. The molecule has 0 rings (SSSR count). The maximum atomic E-state index is 2.35. The smallest absolute Gasteiger partial charge is 0.0331 e. The van der Waals surface area contributed by atoms with Crippen LogP contribution in [0.4, 0.5) is 0 Å². The van der Waals surface area contributed by atoms with Crippen LogP contribution in [0.25, 0.3) is 0 Å². The molecule has 0 N–H and O–H groups in total. The summed E-state index contributed by atoms with van der Waals surface area (Å²) in [6.45, 7) is 18.4. The third-order valence-corrected chi connectivity index (χ3v) is 4.34. The Bertz CT molecular complexity index is 135. The van der Waals surface area contributed by atoms with Gasteiger partial charge in [-0.05, 0) is 17.3 Å². The van der Waals surface area contributed by atoms with E-state index >= 15 is 0 Å². The van der Waals surface area contributed by atoms with Crippen molar-refractivity contribution in [3.63, 3.8) is 0 Å². The van der Waals surface area contributed by atoms with Gasteiger partial charge in [-0.25, -0.2) is 0 Å². The lowest BCUT2D eigenvalue weighted by atomic mass is 9.77. The number of hydrogen-bond donors (Lipinski definition) is 0. The molecule has 2 atom stereocenters. The second kappa shape index (κ2) is 10.2. The average Bonchev–Trinajstić information content (AvgIpc) is 2.28. The highest BCUT2D eigenvalue weighted by atomic mass is 14.3. The van der Waals surface area contributed by atoms with Crippen LogP contribution in [0.5, 0.6) is 0 Å². The Morgan fingerprint density at radius 2 is 1.38 bits per heavy atom. The van der Waals surface area contributed by atoms with Crippen LogP contribution in [0.1, 0.15) is 87.5 Å². The summed E-state index contributed by atoms with van der Waals surface area (Å²) >= 11 is 0. The fourth-order valence-electron chi connectivity index (χ4n) is 1.60. The molecule has 0 nitrogen and oxygen atoms in total. The minimum absolute atomic E-state index is 0.550. The van der Waals surface area contributed by atoms with Crippen LogP contribution in [0, 0.1) is 17.3 Å². The van der Waals surface area contributed by atoms with Gasteiger partial charge in [0.15, 0.2) is 0 Å². The Hall–Kier alpha value is 0. The Balaban J connectivity index is 0. The van der Waals surface area contributed by atoms with E-state index in [1.807, 2.05) is 0 Å². The molecule has 0 aromatic carbocycles. The van der Waals surface area contributed by atoms with Gasteiger partial charge in [-0.2, -0.15) is 0 Å². The van der Waals surface area contributed by atoms with Gasteiger partial charge < -0.3 is 0 Å². The number of hydrogen-bond acceptors (Lipinski definition) is 0. The van der Waals surface area contributed by atoms with Gasteiger partial charge in [0.25, 0.3) is 0 Å². The molecule has 0 aromatic rings. The predicted molar refractivity (Wildman–Crippen MR) is 77.9 cm³/mol. The largest absolute Gasteiger partial charge is 0.0654 e. The predicted octanol–water partition coefficient (Wildman–Crippen LogP) is 6.30.